The Bertz CT molecular complexity index is 787. The monoisotopic (exact) mass is 421 g/mol. The first-order valence-corrected chi connectivity index (χ1v) is 12.2. The van der Waals surface area contributed by atoms with Crippen LogP contribution in [0, 0.1) is 0 Å². The predicted molar refractivity (Wildman–Crippen MR) is 121 cm³/mol. The molecular weight excluding hydrogens is 386 g/mol. The summed E-state index contributed by atoms with van der Waals surface area (Å²) in [6.45, 7) is 10.8. The summed E-state index contributed by atoms with van der Waals surface area (Å²) < 4.78 is 23.7. The zero-order chi connectivity index (χ0) is 20.9. The first-order chi connectivity index (χ1) is 13.8. The molecule has 0 radical (unpaired) electrons. The van der Waals surface area contributed by atoms with Gasteiger partial charge in [-0.15, -0.1) is 0 Å². The van der Waals surface area contributed by atoms with Crippen molar-refractivity contribution < 1.29 is 8.42 Å². The lowest BCUT2D eigenvalue weighted by molar-refractivity contribution is 0.254. The highest BCUT2D eigenvalue weighted by molar-refractivity contribution is 7.92. The summed E-state index contributed by atoms with van der Waals surface area (Å²) in [7, 11) is -1.27. The average Bonchev–Trinajstić information content (AvgIpc) is 2.71. The van der Waals surface area contributed by atoms with Gasteiger partial charge in [0.2, 0.25) is 0 Å². The second-order valence-corrected chi connectivity index (χ2v) is 11.2. The zero-order valence-electron chi connectivity index (χ0n) is 18.0. The van der Waals surface area contributed by atoms with Crippen LogP contribution in [0.2, 0.25) is 0 Å². The van der Waals surface area contributed by atoms with E-state index in [1.165, 1.54) is 5.69 Å². The van der Waals surface area contributed by atoms with E-state index in [1.54, 1.807) is 20.9 Å². The number of sulfone groups is 1. The number of hydrogen-bond donors (Lipinski definition) is 1. The van der Waals surface area contributed by atoms with Crippen molar-refractivity contribution >= 4 is 21.5 Å². The highest BCUT2D eigenvalue weighted by Crippen LogP contribution is 2.23. The number of anilines is 1. The van der Waals surface area contributed by atoms with Gasteiger partial charge in [0.25, 0.3) is 0 Å². The van der Waals surface area contributed by atoms with Crippen molar-refractivity contribution in [3.8, 4) is 0 Å². The van der Waals surface area contributed by atoms with E-state index >= 15 is 0 Å². The van der Waals surface area contributed by atoms with E-state index in [-0.39, 0.29) is 5.75 Å². The Hall–Kier alpha value is -1.80. The van der Waals surface area contributed by atoms with Gasteiger partial charge in [0.15, 0.2) is 15.8 Å². The van der Waals surface area contributed by atoms with Crippen molar-refractivity contribution in [2.75, 3.05) is 70.1 Å². The van der Waals surface area contributed by atoms with Crippen LogP contribution in [0.1, 0.15) is 20.3 Å². The molecule has 0 saturated carbocycles. The third-order valence-electron chi connectivity index (χ3n) is 5.98. The van der Waals surface area contributed by atoms with Gasteiger partial charge in [-0.1, -0.05) is 18.2 Å². The van der Waals surface area contributed by atoms with Crippen molar-refractivity contribution in [1.29, 1.82) is 0 Å². The number of aliphatic imine (C=N–C) groups is 1. The molecule has 1 aromatic rings. The lowest BCUT2D eigenvalue weighted by Crippen LogP contribution is -2.57. The molecule has 162 valence electrons. The minimum Gasteiger partial charge on any atom is -0.369 e. The Morgan fingerprint density at radius 2 is 1.79 bits per heavy atom. The van der Waals surface area contributed by atoms with E-state index in [1.807, 2.05) is 0 Å². The molecule has 0 atom stereocenters. The predicted octanol–water partition coefficient (Wildman–Crippen LogP) is 1.28. The number of benzene rings is 1. The SMILES string of the molecule is CN=C(NCCCN1CCN(c2ccccc2)CC1)N1CCS(=O)(=O)C(C)(C)C1. The van der Waals surface area contributed by atoms with Crippen LogP contribution in [-0.2, 0) is 9.84 Å². The minimum atomic E-state index is -3.04. The van der Waals surface area contributed by atoms with Crippen LogP contribution in [0.5, 0.6) is 0 Å². The van der Waals surface area contributed by atoms with E-state index in [9.17, 15) is 8.42 Å². The van der Waals surface area contributed by atoms with Gasteiger partial charge in [-0.25, -0.2) is 8.42 Å². The van der Waals surface area contributed by atoms with Crippen LogP contribution < -0.4 is 10.2 Å². The summed E-state index contributed by atoms with van der Waals surface area (Å²) in [6.07, 6.45) is 1.04. The Morgan fingerprint density at radius 1 is 1.10 bits per heavy atom. The third kappa shape index (κ3) is 5.42. The molecule has 2 heterocycles. The molecule has 1 aromatic carbocycles. The number of rotatable bonds is 5. The number of nitrogens with zero attached hydrogens (tertiary/aromatic N) is 4. The molecule has 29 heavy (non-hydrogen) atoms. The lowest BCUT2D eigenvalue weighted by atomic mass is 10.2. The maximum absolute atomic E-state index is 12.2. The molecular formula is C21H35N5O2S. The molecule has 2 aliphatic heterocycles. The first kappa shape index (κ1) is 21.9. The molecule has 0 spiro atoms. The molecule has 3 rings (SSSR count). The van der Waals surface area contributed by atoms with Gasteiger partial charge in [-0.05, 0) is 38.9 Å². The van der Waals surface area contributed by atoms with Gasteiger partial charge in [0.1, 0.15) is 0 Å². The summed E-state index contributed by atoms with van der Waals surface area (Å²) >= 11 is 0. The number of hydrogen-bond acceptors (Lipinski definition) is 5. The number of piperazine rings is 1. The van der Waals surface area contributed by atoms with Crippen LogP contribution in [0.25, 0.3) is 0 Å². The van der Waals surface area contributed by atoms with E-state index in [4.69, 9.17) is 0 Å². The third-order valence-corrected chi connectivity index (χ3v) is 8.52. The van der Waals surface area contributed by atoms with Crippen LogP contribution in [0.3, 0.4) is 0 Å². The van der Waals surface area contributed by atoms with Gasteiger partial charge in [0.05, 0.1) is 10.5 Å². The topological polar surface area (TPSA) is 68.2 Å². The summed E-state index contributed by atoms with van der Waals surface area (Å²) in [5.41, 5.74) is 1.31. The van der Waals surface area contributed by atoms with Crippen molar-refractivity contribution in [2.45, 2.75) is 25.0 Å². The summed E-state index contributed by atoms with van der Waals surface area (Å²) in [5.74, 6) is 0.994. The molecule has 0 aromatic heterocycles. The first-order valence-electron chi connectivity index (χ1n) is 10.5. The van der Waals surface area contributed by atoms with Gasteiger partial charge in [-0.2, -0.15) is 0 Å². The largest absolute Gasteiger partial charge is 0.369 e. The fourth-order valence-electron chi connectivity index (χ4n) is 4.03. The number of guanidine groups is 1. The van der Waals surface area contributed by atoms with Crippen molar-refractivity contribution in [1.82, 2.24) is 15.1 Å². The maximum atomic E-state index is 12.2. The zero-order valence-corrected chi connectivity index (χ0v) is 18.8. The van der Waals surface area contributed by atoms with Gasteiger partial charge in [-0.3, -0.25) is 9.89 Å². The Kier molecular flexibility index (Phi) is 7.05. The van der Waals surface area contributed by atoms with Crippen molar-refractivity contribution in [3.63, 3.8) is 0 Å². The molecule has 2 aliphatic rings. The minimum absolute atomic E-state index is 0.187. The van der Waals surface area contributed by atoms with Gasteiger partial charge < -0.3 is 15.1 Å². The standard InChI is InChI=1S/C21H35N5O2S/c1-21(2)18-26(16-17-29(21,27)28)20(22-3)23-10-7-11-24-12-14-25(15-13-24)19-8-5-4-6-9-19/h4-6,8-9H,7,10-18H2,1-3H3,(H,22,23). The molecule has 2 fully saturated rings. The molecule has 8 heteroatoms. The van der Waals surface area contributed by atoms with E-state index in [0.29, 0.717) is 13.1 Å². The molecule has 1 N–H and O–H groups in total. The molecule has 0 unspecified atom stereocenters. The quantitative estimate of drug-likeness (QED) is 0.439. The summed E-state index contributed by atoms with van der Waals surface area (Å²) in [4.78, 5) is 11.4. The Labute approximate surface area is 175 Å². The van der Waals surface area contributed by atoms with Crippen LogP contribution in [0.15, 0.2) is 35.3 Å². The second kappa shape index (κ2) is 9.34. The van der Waals surface area contributed by atoms with Crippen molar-refractivity contribution in [2.24, 2.45) is 4.99 Å². The van der Waals surface area contributed by atoms with E-state index in [2.05, 4.69) is 55.3 Å². The van der Waals surface area contributed by atoms with Gasteiger partial charge in [0, 0.05) is 58.5 Å². The summed E-state index contributed by atoms with van der Waals surface area (Å²) in [5, 5.41) is 3.42. The highest BCUT2D eigenvalue weighted by atomic mass is 32.2. The molecule has 0 bridgehead atoms. The molecule has 2 saturated heterocycles. The second-order valence-electron chi connectivity index (χ2n) is 8.49. The number of para-hydroxylation sites is 1. The normalized spacial score (nSPS) is 22.5. The van der Waals surface area contributed by atoms with E-state index < -0.39 is 14.6 Å². The lowest BCUT2D eigenvalue weighted by Gasteiger charge is -2.39. The maximum Gasteiger partial charge on any atom is 0.193 e. The van der Waals surface area contributed by atoms with Crippen LogP contribution in [0.4, 0.5) is 5.69 Å². The molecule has 0 aliphatic carbocycles. The van der Waals surface area contributed by atoms with Crippen molar-refractivity contribution in [3.05, 3.63) is 30.3 Å². The van der Waals surface area contributed by atoms with E-state index in [0.717, 1.165) is 51.6 Å². The average molecular weight is 422 g/mol. The van der Waals surface area contributed by atoms with Crippen LogP contribution in [-0.4, -0.2) is 94.1 Å². The Morgan fingerprint density at radius 3 is 2.41 bits per heavy atom. The molecule has 0 amide bonds. The summed E-state index contributed by atoms with van der Waals surface area (Å²) in [6, 6.07) is 10.6. The van der Waals surface area contributed by atoms with Crippen LogP contribution >= 0.6 is 0 Å². The fraction of sp³-hybridized carbons (Fsp3) is 0.667. The van der Waals surface area contributed by atoms with Gasteiger partial charge >= 0.3 is 0 Å². The Balaban J connectivity index is 1.38. The highest BCUT2D eigenvalue weighted by Gasteiger charge is 2.40. The molecule has 7 nitrogen and oxygen atoms in total. The smallest absolute Gasteiger partial charge is 0.193 e. The number of nitrogens with one attached hydrogen (secondary N) is 1. The fourth-order valence-corrected chi connectivity index (χ4v) is 5.39.